The van der Waals surface area contributed by atoms with Crippen molar-refractivity contribution in [3.63, 3.8) is 0 Å². The second kappa shape index (κ2) is 8.85. The van der Waals surface area contributed by atoms with Crippen LogP contribution in [0.15, 0.2) is 29.8 Å². The highest BCUT2D eigenvalue weighted by atomic mass is 32.1. The molecule has 2 heterocycles. The van der Waals surface area contributed by atoms with Gasteiger partial charge in [0.1, 0.15) is 11.5 Å². The quantitative estimate of drug-likeness (QED) is 0.811. The smallest absolute Gasteiger partial charge is 0.387 e. The van der Waals surface area contributed by atoms with E-state index in [-0.39, 0.29) is 18.3 Å². The largest absolute Gasteiger partial charge is 0.497 e. The monoisotopic (exact) mass is 398 g/mol. The van der Waals surface area contributed by atoms with Crippen molar-refractivity contribution >= 4 is 22.5 Å². The summed E-state index contributed by atoms with van der Waals surface area (Å²) in [6, 6.07) is 4.36. The number of nitrogens with one attached hydrogen (secondary N) is 1. The Morgan fingerprint density at radius 3 is 2.74 bits per heavy atom. The van der Waals surface area contributed by atoms with E-state index in [2.05, 4.69) is 19.9 Å². The summed E-state index contributed by atoms with van der Waals surface area (Å²) in [4.78, 5) is 20.5. The number of benzene rings is 1. The molecule has 0 saturated carbocycles. The molecule has 0 unspecified atom stereocenters. The molecule has 7 nitrogen and oxygen atoms in total. The first-order valence-electron chi connectivity index (χ1n) is 8.35. The fraction of sp³-hybridized carbons (Fsp3) is 0.412. The topological polar surface area (TPSA) is 66.9 Å². The Labute approximate surface area is 159 Å². The average molecular weight is 398 g/mol. The van der Waals surface area contributed by atoms with Crippen LogP contribution in [0, 0.1) is 0 Å². The Bertz CT molecular complexity index is 753. The summed E-state index contributed by atoms with van der Waals surface area (Å²) in [5.41, 5.74) is 0.450. The molecule has 1 N–H and O–H groups in total. The lowest BCUT2D eigenvalue weighted by molar-refractivity contribution is -0.0505. The third kappa shape index (κ3) is 4.97. The van der Waals surface area contributed by atoms with E-state index in [4.69, 9.17) is 4.74 Å². The van der Waals surface area contributed by atoms with E-state index < -0.39 is 6.61 Å². The number of carbonyl (C=O) groups is 1. The zero-order valence-electron chi connectivity index (χ0n) is 14.7. The van der Waals surface area contributed by atoms with Crippen molar-refractivity contribution in [2.75, 3.05) is 38.2 Å². The van der Waals surface area contributed by atoms with Crippen molar-refractivity contribution in [1.82, 2.24) is 15.2 Å². The average Bonchev–Trinajstić information content (AvgIpc) is 3.21. The van der Waals surface area contributed by atoms with Crippen LogP contribution in [0.25, 0.3) is 0 Å². The van der Waals surface area contributed by atoms with Crippen LogP contribution in [0.4, 0.5) is 18.7 Å². The number of urea groups is 1. The van der Waals surface area contributed by atoms with E-state index in [1.807, 2.05) is 5.38 Å². The molecule has 3 rings (SSSR count). The zero-order valence-corrected chi connectivity index (χ0v) is 15.5. The van der Waals surface area contributed by atoms with Crippen LogP contribution in [0.5, 0.6) is 11.5 Å². The maximum Gasteiger partial charge on any atom is 0.387 e. The van der Waals surface area contributed by atoms with Crippen molar-refractivity contribution < 1.29 is 23.0 Å². The summed E-state index contributed by atoms with van der Waals surface area (Å²) >= 11 is 1.57. The minimum absolute atomic E-state index is 0.0155. The summed E-state index contributed by atoms with van der Waals surface area (Å²) in [6.45, 7) is -0.349. The van der Waals surface area contributed by atoms with Gasteiger partial charge in [-0.1, -0.05) is 0 Å². The number of amides is 2. The number of nitrogens with zero attached hydrogens (tertiary/aromatic N) is 3. The van der Waals surface area contributed by atoms with Gasteiger partial charge in [-0.15, -0.1) is 11.3 Å². The summed E-state index contributed by atoms with van der Waals surface area (Å²) in [5.74, 6) is 0.386. The highest BCUT2D eigenvalue weighted by molar-refractivity contribution is 7.13. The number of methoxy groups -OCH3 is 1. The predicted octanol–water partition coefficient (Wildman–Crippen LogP) is 2.78. The van der Waals surface area contributed by atoms with Crippen LogP contribution in [-0.4, -0.2) is 55.8 Å². The van der Waals surface area contributed by atoms with Crippen molar-refractivity contribution in [3.8, 4) is 11.5 Å². The van der Waals surface area contributed by atoms with Gasteiger partial charge in [-0.25, -0.2) is 9.78 Å². The minimum atomic E-state index is -2.95. The van der Waals surface area contributed by atoms with E-state index in [1.165, 1.54) is 13.2 Å². The molecule has 1 aliphatic heterocycles. The molecule has 10 heteroatoms. The Hall–Kier alpha value is -2.62. The summed E-state index contributed by atoms with van der Waals surface area (Å²) in [7, 11) is 1.44. The maximum absolute atomic E-state index is 12.6. The van der Waals surface area contributed by atoms with E-state index in [0.717, 1.165) is 5.13 Å². The third-order valence-corrected chi connectivity index (χ3v) is 5.01. The van der Waals surface area contributed by atoms with Gasteiger partial charge < -0.3 is 24.6 Å². The minimum Gasteiger partial charge on any atom is -0.497 e. The van der Waals surface area contributed by atoms with E-state index >= 15 is 0 Å². The Balaban J connectivity index is 1.55. The van der Waals surface area contributed by atoms with Crippen LogP contribution in [0.3, 0.4) is 0 Å². The van der Waals surface area contributed by atoms with Gasteiger partial charge in [0.15, 0.2) is 5.13 Å². The van der Waals surface area contributed by atoms with Crippen LogP contribution in [0.2, 0.25) is 0 Å². The molecule has 1 aromatic carbocycles. The first-order chi connectivity index (χ1) is 13.1. The van der Waals surface area contributed by atoms with Gasteiger partial charge in [0.2, 0.25) is 0 Å². The van der Waals surface area contributed by atoms with Gasteiger partial charge in [0.25, 0.3) is 0 Å². The van der Waals surface area contributed by atoms with Crippen LogP contribution >= 0.6 is 11.3 Å². The SMILES string of the molecule is COc1ccc(CNC(=O)N2CCN(c3nccs3)CC2)c(OC(F)F)c1. The highest BCUT2D eigenvalue weighted by Crippen LogP contribution is 2.26. The number of hydrogen-bond acceptors (Lipinski definition) is 6. The lowest BCUT2D eigenvalue weighted by Gasteiger charge is -2.34. The molecule has 27 heavy (non-hydrogen) atoms. The molecular formula is C17H20F2N4O3S. The summed E-state index contributed by atoms with van der Waals surface area (Å²) < 4.78 is 34.8. The Kier molecular flexibility index (Phi) is 6.28. The number of alkyl halides is 2. The van der Waals surface area contributed by atoms with Gasteiger partial charge in [0, 0.05) is 55.9 Å². The normalized spacial score (nSPS) is 14.4. The molecule has 0 radical (unpaired) electrons. The molecular weight excluding hydrogens is 378 g/mol. The highest BCUT2D eigenvalue weighted by Gasteiger charge is 2.22. The Morgan fingerprint density at radius 2 is 2.11 bits per heavy atom. The molecule has 0 aliphatic carbocycles. The van der Waals surface area contributed by atoms with Crippen molar-refractivity contribution in [3.05, 3.63) is 35.3 Å². The second-order valence-corrected chi connectivity index (χ2v) is 6.67. The maximum atomic E-state index is 12.6. The number of anilines is 1. The molecule has 146 valence electrons. The van der Waals surface area contributed by atoms with Gasteiger partial charge >= 0.3 is 12.6 Å². The zero-order chi connectivity index (χ0) is 19.2. The summed E-state index contributed by atoms with van der Waals surface area (Å²) in [5, 5.41) is 5.62. The van der Waals surface area contributed by atoms with Crippen molar-refractivity contribution in [2.24, 2.45) is 0 Å². The van der Waals surface area contributed by atoms with Crippen LogP contribution in [0.1, 0.15) is 5.56 Å². The number of thiazole rings is 1. The lowest BCUT2D eigenvalue weighted by atomic mass is 10.2. The second-order valence-electron chi connectivity index (χ2n) is 5.80. The summed E-state index contributed by atoms with van der Waals surface area (Å²) in [6.07, 6.45) is 1.76. The fourth-order valence-electron chi connectivity index (χ4n) is 2.77. The number of halogens is 2. The number of rotatable bonds is 6. The molecule has 2 aromatic rings. The molecule has 2 amide bonds. The molecule has 1 saturated heterocycles. The van der Waals surface area contributed by atoms with Crippen LogP contribution < -0.4 is 19.7 Å². The first-order valence-corrected chi connectivity index (χ1v) is 9.23. The molecule has 1 fully saturated rings. The molecule has 1 aliphatic rings. The molecule has 1 aromatic heterocycles. The molecule has 0 atom stereocenters. The predicted molar refractivity (Wildman–Crippen MR) is 97.8 cm³/mol. The Morgan fingerprint density at radius 1 is 1.33 bits per heavy atom. The number of aromatic nitrogens is 1. The van der Waals surface area contributed by atoms with Gasteiger partial charge in [-0.05, 0) is 12.1 Å². The van der Waals surface area contributed by atoms with Gasteiger partial charge in [-0.2, -0.15) is 8.78 Å². The first kappa shape index (κ1) is 19.2. The van der Waals surface area contributed by atoms with Crippen molar-refractivity contribution in [1.29, 1.82) is 0 Å². The number of carbonyl (C=O) groups excluding carboxylic acids is 1. The van der Waals surface area contributed by atoms with Crippen LogP contribution in [-0.2, 0) is 6.54 Å². The third-order valence-electron chi connectivity index (χ3n) is 4.18. The lowest BCUT2D eigenvalue weighted by Crippen LogP contribution is -2.51. The van der Waals surface area contributed by atoms with E-state index in [9.17, 15) is 13.6 Å². The van der Waals surface area contributed by atoms with E-state index in [0.29, 0.717) is 37.5 Å². The standard InChI is InChI=1S/C17H20F2N4O3S/c1-25-13-3-2-12(14(10-13)26-15(18)19)11-21-16(24)22-5-7-23(8-6-22)17-20-4-9-27-17/h2-4,9-10,15H,5-8,11H2,1H3,(H,21,24). The number of ether oxygens (including phenoxy) is 2. The number of hydrogen-bond donors (Lipinski definition) is 1. The fourth-order valence-corrected chi connectivity index (χ4v) is 3.47. The van der Waals surface area contributed by atoms with Crippen molar-refractivity contribution in [2.45, 2.75) is 13.2 Å². The molecule has 0 spiro atoms. The van der Waals surface area contributed by atoms with Gasteiger partial charge in [0.05, 0.1) is 7.11 Å². The number of piperazine rings is 1. The van der Waals surface area contributed by atoms with E-state index in [1.54, 1.807) is 34.6 Å². The molecule has 0 bridgehead atoms. The van der Waals surface area contributed by atoms with Gasteiger partial charge in [-0.3, -0.25) is 0 Å².